The maximum atomic E-state index is 13.4. The first-order valence-corrected chi connectivity index (χ1v) is 31.4. The number of nitrogens with one attached hydrogen (secondary N) is 1. The molecule has 0 aliphatic carbocycles. The molecule has 1 aliphatic rings. The Kier molecular flexibility index (Phi) is 49.9. The molecule has 0 aromatic carbocycles. The largest absolute Gasteiger partial charge is 0.454 e. The first kappa shape index (κ1) is 71.9. The molecule has 0 saturated carbocycles. The highest BCUT2D eigenvalue weighted by molar-refractivity contribution is 5.80. The Hall–Kier alpha value is -3.16. The van der Waals surface area contributed by atoms with Gasteiger partial charge in [-0.15, -0.1) is 0 Å². The summed E-state index contributed by atoms with van der Waals surface area (Å²) in [6.07, 6.45) is 59.0. The van der Waals surface area contributed by atoms with Gasteiger partial charge in [-0.3, -0.25) is 9.59 Å². The van der Waals surface area contributed by atoms with Crippen molar-refractivity contribution in [2.24, 2.45) is 0 Å². The highest BCUT2D eigenvalue weighted by Gasteiger charge is 2.47. The third-order valence-corrected chi connectivity index (χ3v) is 14.3. The summed E-state index contributed by atoms with van der Waals surface area (Å²) in [5, 5.41) is 57.0. The average Bonchev–Trinajstić information content (AvgIpc) is 3.43. The number of carbonyl (C=O) groups excluding carboxylic acids is 2. The van der Waals surface area contributed by atoms with Crippen LogP contribution in [0.15, 0.2) is 85.1 Å². The number of rotatable bonds is 52. The SMILES string of the molecule is CC/C=C\C/C=C\C/C=C\C/C=C\C/C=C\CCCCCCCC(=O)OC1C(OCC(NC(=O)C(O)CCCCCCCC/C=C/CCCCCCCC)C(O)/C=C/CCCCCCCCCCC)OC(CO)C(O)C1O. The Balaban J connectivity index is 2.67. The molecule has 0 bridgehead atoms. The number of hydrogen-bond acceptors (Lipinski definition) is 10. The van der Waals surface area contributed by atoms with Crippen molar-refractivity contribution in [3.63, 3.8) is 0 Å². The Bertz CT molecular complexity index is 1570. The topological polar surface area (TPSA) is 175 Å². The molecule has 1 fully saturated rings. The van der Waals surface area contributed by atoms with Crippen LogP contribution in [0.4, 0.5) is 0 Å². The van der Waals surface area contributed by atoms with Crippen molar-refractivity contribution in [3.05, 3.63) is 85.1 Å². The number of ether oxygens (including phenoxy) is 3. The fourth-order valence-corrected chi connectivity index (χ4v) is 9.32. The number of hydrogen-bond donors (Lipinski definition) is 6. The van der Waals surface area contributed by atoms with Gasteiger partial charge in [-0.25, -0.2) is 0 Å². The van der Waals surface area contributed by atoms with Crippen molar-refractivity contribution in [2.75, 3.05) is 13.2 Å². The highest BCUT2D eigenvalue weighted by Crippen LogP contribution is 2.26. The molecule has 77 heavy (non-hydrogen) atoms. The summed E-state index contributed by atoms with van der Waals surface area (Å²) in [7, 11) is 0. The number of aliphatic hydroxyl groups excluding tert-OH is 5. The summed E-state index contributed by atoms with van der Waals surface area (Å²) in [5.74, 6) is -1.22. The maximum Gasteiger partial charge on any atom is 0.306 e. The molecule has 8 unspecified atom stereocenters. The van der Waals surface area contributed by atoms with Gasteiger partial charge < -0.3 is 45.1 Å². The fraction of sp³-hybridized carbons (Fsp3) is 0.758. The second-order valence-electron chi connectivity index (χ2n) is 21.4. The van der Waals surface area contributed by atoms with Gasteiger partial charge in [0.1, 0.15) is 24.4 Å². The Morgan fingerprint density at radius 2 is 0.935 bits per heavy atom. The molecule has 0 spiro atoms. The van der Waals surface area contributed by atoms with Crippen LogP contribution in [0.5, 0.6) is 0 Å². The number of aliphatic hydroxyl groups is 5. The zero-order valence-electron chi connectivity index (χ0n) is 49.1. The summed E-state index contributed by atoms with van der Waals surface area (Å²) in [6.45, 7) is 5.65. The molecule has 0 aromatic heterocycles. The minimum atomic E-state index is -1.63. The summed E-state index contributed by atoms with van der Waals surface area (Å²) in [4.78, 5) is 26.5. The minimum Gasteiger partial charge on any atom is -0.454 e. The van der Waals surface area contributed by atoms with E-state index >= 15 is 0 Å². The van der Waals surface area contributed by atoms with Gasteiger partial charge in [-0.1, -0.05) is 241 Å². The quantitative estimate of drug-likeness (QED) is 0.0195. The van der Waals surface area contributed by atoms with Gasteiger partial charge in [0.15, 0.2) is 12.4 Å². The van der Waals surface area contributed by atoms with Crippen molar-refractivity contribution in [1.82, 2.24) is 5.32 Å². The number of esters is 1. The number of carbonyl (C=O) groups is 2. The van der Waals surface area contributed by atoms with Crippen LogP contribution in [0.25, 0.3) is 0 Å². The Labute approximate surface area is 470 Å². The van der Waals surface area contributed by atoms with Crippen LogP contribution in [0.3, 0.4) is 0 Å². The zero-order valence-corrected chi connectivity index (χ0v) is 49.1. The smallest absolute Gasteiger partial charge is 0.306 e. The molecular weight excluding hydrogens is 967 g/mol. The maximum absolute atomic E-state index is 13.4. The first-order chi connectivity index (χ1) is 37.7. The van der Waals surface area contributed by atoms with E-state index in [9.17, 15) is 35.1 Å². The first-order valence-electron chi connectivity index (χ1n) is 31.4. The van der Waals surface area contributed by atoms with E-state index in [1.54, 1.807) is 6.08 Å². The minimum absolute atomic E-state index is 0.0975. The van der Waals surface area contributed by atoms with E-state index in [0.717, 1.165) is 116 Å². The molecule has 8 atom stereocenters. The molecule has 1 heterocycles. The molecule has 0 radical (unpaired) electrons. The Morgan fingerprint density at radius 3 is 1.42 bits per heavy atom. The van der Waals surface area contributed by atoms with Crippen molar-refractivity contribution in [1.29, 1.82) is 0 Å². The van der Waals surface area contributed by atoms with Gasteiger partial charge in [0, 0.05) is 6.42 Å². The summed E-state index contributed by atoms with van der Waals surface area (Å²) in [5.41, 5.74) is 0. The van der Waals surface area contributed by atoms with Crippen LogP contribution in [-0.4, -0.2) is 99.6 Å². The van der Waals surface area contributed by atoms with E-state index in [1.165, 1.54) is 96.3 Å². The van der Waals surface area contributed by atoms with Gasteiger partial charge in [0.2, 0.25) is 5.91 Å². The van der Waals surface area contributed by atoms with E-state index in [1.807, 2.05) is 6.08 Å². The van der Waals surface area contributed by atoms with Crippen LogP contribution in [0.1, 0.15) is 258 Å². The third kappa shape index (κ3) is 41.5. The van der Waals surface area contributed by atoms with Gasteiger partial charge in [-0.2, -0.15) is 0 Å². The average molecular weight is 1080 g/mol. The molecule has 0 aromatic rings. The molecular formula is C66H115NO10. The lowest BCUT2D eigenvalue weighted by molar-refractivity contribution is -0.305. The molecule has 1 rings (SSSR count). The van der Waals surface area contributed by atoms with E-state index in [-0.39, 0.29) is 19.4 Å². The lowest BCUT2D eigenvalue weighted by Gasteiger charge is -2.41. The predicted octanol–water partition coefficient (Wildman–Crippen LogP) is 14.9. The van der Waals surface area contributed by atoms with Crippen molar-refractivity contribution >= 4 is 11.9 Å². The molecule has 11 nitrogen and oxygen atoms in total. The monoisotopic (exact) mass is 1080 g/mol. The normalized spacial score (nSPS) is 19.6. The summed E-state index contributed by atoms with van der Waals surface area (Å²) < 4.78 is 17.6. The molecule has 1 saturated heterocycles. The van der Waals surface area contributed by atoms with Gasteiger partial charge in [-0.05, 0) is 96.3 Å². The van der Waals surface area contributed by atoms with Gasteiger partial charge >= 0.3 is 5.97 Å². The fourth-order valence-electron chi connectivity index (χ4n) is 9.32. The lowest BCUT2D eigenvalue weighted by atomic mass is 9.99. The second kappa shape index (κ2) is 53.5. The van der Waals surface area contributed by atoms with E-state index in [0.29, 0.717) is 12.8 Å². The van der Waals surface area contributed by atoms with Crippen molar-refractivity contribution in [3.8, 4) is 0 Å². The zero-order chi connectivity index (χ0) is 56.1. The summed E-state index contributed by atoms with van der Waals surface area (Å²) >= 11 is 0. The molecule has 444 valence electrons. The number of allylic oxidation sites excluding steroid dienone is 13. The van der Waals surface area contributed by atoms with E-state index in [4.69, 9.17) is 14.2 Å². The predicted molar refractivity (Wildman–Crippen MR) is 319 cm³/mol. The summed E-state index contributed by atoms with van der Waals surface area (Å²) in [6, 6.07) is -1.03. The molecule has 6 N–H and O–H groups in total. The standard InChI is InChI=1S/C66H115NO10/c1-4-7-10-13-16-19-22-24-26-28-29-30-31-32-34-36-39-42-45-48-51-54-61(71)77-64-63(73)62(72)60(55-68)76-66(64)75-56-57(58(69)52-49-46-43-40-37-21-18-15-12-9-6-3)67-65(74)59(70)53-50-47-44-41-38-35-33-27-25-23-20-17-14-11-8-5-2/h7,10,16,19,24-27,29-30,32,34,49,52,57-60,62-64,66,68-70,72-73H,4-6,8-9,11-15,17-18,20-23,28,31,33,35-48,50-51,53-56H2,1-3H3,(H,67,74)/b10-7-,19-16-,26-24-,27-25+,30-29-,34-32-,52-49+. The lowest BCUT2D eigenvalue weighted by Crippen LogP contribution is -2.61. The third-order valence-electron chi connectivity index (χ3n) is 14.3. The van der Waals surface area contributed by atoms with Gasteiger partial charge in [0.05, 0.1) is 25.4 Å². The number of amides is 1. The van der Waals surface area contributed by atoms with E-state index < -0.39 is 67.4 Å². The molecule has 11 heteroatoms. The highest BCUT2D eigenvalue weighted by atomic mass is 16.7. The molecule has 1 amide bonds. The number of unbranched alkanes of at least 4 members (excludes halogenated alkanes) is 26. The van der Waals surface area contributed by atoms with E-state index in [2.05, 4.69) is 99.0 Å². The van der Waals surface area contributed by atoms with Gasteiger partial charge in [0.25, 0.3) is 0 Å². The van der Waals surface area contributed by atoms with Crippen molar-refractivity contribution < 1.29 is 49.3 Å². The Morgan fingerprint density at radius 1 is 0.519 bits per heavy atom. The van der Waals surface area contributed by atoms with Crippen molar-refractivity contribution in [2.45, 2.75) is 307 Å². The van der Waals surface area contributed by atoms with Crippen LogP contribution in [-0.2, 0) is 23.8 Å². The molecule has 1 aliphatic heterocycles. The van der Waals surface area contributed by atoms with Crippen LogP contribution in [0, 0.1) is 0 Å². The van der Waals surface area contributed by atoms with Crippen LogP contribution >= 0.6 is 0 Å². The van der Waals surface area contributed by atoms with Crippen LogP contribution in [0.2, 0.25) is 0 Å². The second-order valence-corrected chi connectivity index (χ2v) is 21.4. The van der Waals surface area contributed by atoms with Crippen LogP contribution < -0.4 is 5.32 Å².